The second-order valence-corrected chi connectivity index (χ2v) is 2.82. The molecular formula is C9H7N3. The molecule has 3 nitrogen and oxygen atoms in total. The highest BCUT2D eigenvalue weighted by atomic mass is 14.9. The number of rotatable bonds is 0. The fourth-order valence-electron chi connectivity index (χ4n) is 1.45. The molecule has 0 saturated heterocycles. The minimum absolute atomic E-state index is 0.935. The van der Waals surface area contributed by atoms with Crippen LogP contribution in [0.25, 0.3) is 22.1 Å². The molecule has 0 aliphatic heterocycles. The Kier molecular flexibility index (Phi) is 0.913. The number of nitrogens with one attached hydrogen (secondary N) is 2. The number of H-pyrrole nitrogens is 2. The normalized spacial score (nSPS) is 11.3. The smallest absolute Gasteiger partial charge is 0.139 e. The molecule has 58 valence electrons. The number of pyridine rings is 1. The molecule has 3 aromatic rings. The van der Waals surface area contributed by atoms with Gasteiger partial charge in [-0.3, -0.25) is 0 Å². The SMILES string of the molecule is c1cc2cc3cc[nH]c3nc2[nH]1. The van der Waals surface area contributed by atoms with Crippen LogP contribution in [-0.4, -0.2) is 15.0 Å². The molecule has 0 unspecified atom stereocenters. The van der Waals surface area contributed by atoms with E-state index in [1.807, 2.05) is 24.5 Å². The Morgan fingerprint density at radius 1 is 0.917 bits per heavy atom. The van der Waals surface area contributed by atoms with E-state index in [4.69, 9.17) is 0 Å². The summed E-state index contributed by atoms with van der Waals surface area (Å²) in [6.45, 7) is 0. The first-order valence-electron chi connectivity index (χ1n) is 3.85. The van der Waals surface area contributed by atoms with Crippen molar-refractivity contribution in [3.8, 4) is 0 Å². The maximum absolute atomic E-state index is 4.39. The summed E-state index contributed by atoms with van der Waals surface area (Å²) in [5.74, 6) is 0. The minimum Gasteiger partial charge on any atom is -0.346 e. The van der Waals surface area contributed by atoms with Gasteiger partial charge in [-0.05, 0) is 18.2 Å². The molecule has 0 bridgehead atoms. The van der Waals surface area contributed by atoms with E-state index >= 15 is 0 Å². The van der Waals surface area contributed by atoms with Gasteiger partial charge in [0.2, 0.25) is 0 Å². The third kappa shape index (κ3) is 0.625. The van der Waals surface area contributed by atoms with E-state index in [-0.39, 0.29) is 0 Å². The Balaban J connectivity index is 2.62. The number of aromatic amines is 2. The second kappa shape index (κ2) is 1.88. The Labute approximate surface area is 68.4 Å². The zero-order valence-corrected chi connectivity index (χ0v) is 6.33. The van der Waals surface area contributed by atoms with Crippen molar-refractivity contribution in [1.29, 1.82) is 0 Å². The zero-order chi connectivity index (χ0) is 7.97. The monoisotopic (exact) mass is 157 g/mol. The van der Waals surface area contributed by atoms with Crippen LogP contribution in [0.4, 0.5) is 0 Å². The van der Waals surface area contributed by atoms with Gasteiger partial charge in [0.15, 0.2) is 0 Å². The number of aromatic nitrogens is 3. The summed E-state index contributed by atoms with van der Waals surface area (Å²) >= 11 is 0. The van der Waals surface area contributed by atoms with E-state index < -0.39 is 0 Å². The Hall–Kier alpha value is -1.77. The van der Waals surface area contributed by atoms with E-state index in [0.29, 0.717) is 0 Å². The summed E-state index contributed by atoms with van der Waals surface area (Å²) in [7, 11) is 0. The predicted molar refractivity (Wildman–Crippen MR) is 48.0 cm³/mol. The summed E-state index contributed by atoms with van der Waals surface area (Å²) in [4.78, 5) is 10.5. The Morgan fingerprint density at radius 2 is 1.50 bits per heavy atom. The number of hydrogen-bond donors (Lipinski definition) is 2. The average molecular weight is 157 g/mol. The van der Waals surface area contributed by atoms with Gasteiger partial charge in [-0.1, -0.05) is 0 Å². The first-order valence-corrected chi connectivity index (χ1v) is 3.85. The molecule has 0 atom stereocenters. The molecule has 3 heterocycles. The topological polar surface area (TPSA) is 44.5 Å². The van der Waals surface area contributed by atoms with Gasteiger partial charge in [0.1, 0.15) is 11.3 Å². The lowest BCUT2D eigenvalue weighted by Gasteiger charge is -1.89. The van der Waals surface area contributed by atoms with Crippen molar-refractivity contribution in [2.45, 2.75) is 0 Å². The summed E-state index contributed by atoms with van der Waals surface area (Å²) < 4.78 is 0. The molecule has 0 spiro atoms. The summed E-state index contributed by atoms with van der Waals surface area (Å²) in [6.07, 6.45) is 3.80. The molecule has 12 heavy (non-hydrogen) atoms. The van der Waals surface area contributed by atoms with Gasteiger partial charge in [0.25, 0.3) is 0 Å². The minimum atomic E-state index is 0.935. The van der Waals surface area contributed by atoms with Crippen molar-refractivity contribution in [3.63, 3.8) is 0 Å². The van der Waals surface area contributed by atoms with Crippen molar-refractivity contribution in [3.05, 3.63) is 30.6 Å². The molecular weight excluding hydrogens is 150 g/mol. The van der Waals surface area contributed by atoms with Crippen LogP contribution >= 0.6 is 0 Å². The van der Waals surface area contributed by atoms with Gasteiger partial charge in [0.05, 0.1) is 0 Å². The lowest BCUT2D eigenvalue weighted by Crippen LogP contribution is -1.77. The van der Waals surface area contributed by atoms with Crippen LogP contribution in [0.3, 0.4) is 0 Å². The highest BCUT2D eigenvalue weighted by Gasteiger charge is 1.99. The van der Waals surface area contributed by atoms with Crippen LogP contribution < -0.4 is 0 Å². The first-order chi connectivity index (χ1) is 5.93. The van der Waals surface area contributed by atoms with Gasteiger partial charge < -0.3 is 9.97 Å². The first kappa shape index (κ1) is 5.83. The van der Waals surface area contributed by atoms with Crippen molar-refractivity contribution in [2.75, 3.05) is 0 Å². The van der Waals surface area contributed by atoms with Crippen LogP contribution in [0, 0.1) is 0 Å². The summed E-state index contributed by atoms with van der Waals surface area (Å²) in [5.41, 5.74) is 1.87. The molecule has 2 N–H and O–H groups in total. The molecule has 0 aliphatic carbocycles. The van der Waals surface area contributed by atoms with Crippen LogP contribution in [0.2, 0.25) is 0 Å². The molecule has 0 saturated carbocycles. The molecule has 3 heteroatoms. The summed E-state index contributed by atoms with van der Waals surface area (Å²) in [5, 5.41) is 2.31. The number of fused-ring (bicyclic) bond motifs is 2. The molecule has 0 amide bonds. The summed E-state index contributed by atoms with van der Waals surface area (Å²) in [6, 6.07) is 6.16. The maximum atomic E-state index is 4.39. The fraction of sp³-hybridized carbons (Fsp3) is 0. The van der Waals surface area contributed by atoms with Gasteiger partial charge in [-0.15, -0.1) is 0 Å². The van der Waals surface area contributed by atoms with E-state index in [9.17, 15) is 0 Å². The highest BCUT2D eigenvalue weighted by Crippen LogP contribution is 2.16. The third-order valence-corrected chi connectivity index (χ3v) is 2.05. The quantitative estimate of drug-likeness (QED) is 0.515. The molecule has 3 aromatic heterocycles. The van der Waals surface area contributed by atoms with Gasteiger partial charge in [-0.2, -0.15) is 0 Å². The standard InChI is InChI=1S/C9H7N3/c1-3-10-8-6(1)5-7-2-4-11-9(7)12-8/h1-5H,(H2,10,11,12). The Bertz CT molecular complexity index is 442. The lowest BCUT2D eigenvalue weighted by atomic mass is 10.3. The van der Waals surface area contributed by atoms with E-state index in [1.54, 1.807) is 0 Å². The van der Waals surface area contributed by atoms with Gasteiger partial charge in [0, 0.05) is 23.2 Å². The van der Waals surface area contributed by atoms with Crippen LogP contribution in [-0.2, 0) is 0 Å². The molecule has 0 radical (unpaired) electrons. The molecule has 0 aliphatic rings. The zero-order valence-electron chi connectivity index (χ0n) is 6.33. The molecule has 0 fully saturated rings. The largest absolute Gasteiger partial charge is 0.346 e. The van der Waals surface area contributed by atoms with Gasteiger partial charge >= 0.3 is 0 Å². The fourth-order valence-corrected chi connectivity index (χ4v) is 1.45. The lowest BCUT2D eigenvalue weighted by molar-refractivity contribution is 1.32. The van der Waals surface area contributed by atoms with E-state index in [2.05, 4.69) is 21.0 Å². The van der Waals surface area contributed by atoms with Crippen molar-refractivity contribution >= 4 is 22.1 Å². The highest BCUT2D eigenvalue weighted by molar-refractivity contribution is 5.89. The van der Waals surface area contributed by atoms with E-state index in [0.717, 1.165) is 22.1 Å². The van der Waals surface area contributed by atoms with Crippen LogP contribution in [0.1, 0.15) is 0 Å². The van der Waals surface area contributed by atoms with Crippen LogP contribution in [0.5, 0.6) is 0 Å². The van der Waals surface area contributed by atoms with Crippen molar-refractivity contribution in [1.82, 2.24) is 15.0 Å². The van der Waals surface area contributed by atoms with Gasteiger partial charge in [-0.25, -0.2) is 4.98 Å². The number of nitrogens with zero attached hydrogens (tertiary/aromatic N) is 1. The third-order valence-electron chi connectivity index (χ3n) is 2.05. The predicted octanol–water partition coefficient (Wildman–Crippen LogP) is 2.04. The maximum Gasteiger partial charge on any atom is 0.139 e. The van der Waals surface area contributed by atoms with Crippen molar-refractivity contribution < 1.29 is 0 Å². The molecule has 3 rings (SSSR count). The van der Waals surface area contributed by atoms with E-state index in [1.165, 1.54) is 0 Å². The number of hydrogen-bond acceptors (Lipinski definition) is 1. The molecule has 0 aromatic carbocycles. The average Bonchev–Trinajstić information content (AvgIpc) is 2.64. The second-order valence-electron chi connectivity index (χ2n) is 2.82. The Morgan fingerprint density at radius 3 is 2.08 bits per heavy atom. The van der Waals surface area contributed by atoms with Crippen molar-refractivity contribution in [2.24, 2.45) is 0 Å². The van der Waals surface area contributed by atoms with Crippen LogP contribution in [0.15, 0.2) is 30.6 Å².